The molecule has 0 saturated heterocycles. The van der Waals surface area contributed by atoms with Crippen molar-refractivity contribution in [2.24, 2.45) is 0 Å². The van der Waals surface area contributed by atoms with Gasteiger partial charge in [0.05, 0.1) is 10.3 Å². The second-order valence-corrected chi connectivity index (χ2v) is 9.68. The number of rotatable bonds is 3. The number of thiophene rings is 1. The van der Waals surface area contributed by atoms with Gasteiger partial charge < -0.3 is 11.1 Å². The number of aromatic nitrogens is 1. The number of nitrogens with one attached hydrogen (secondary N) is 1. The van der Waals surface area contributed by atoms with Gasteiger partial charge in [-0.2, -0.15) is 0 Å². The van der Waals surface area contributed by atoms with Gasteiger partial charge in [-0.15, -0.1) is 23.1 Å². The minimum absolute atomic E-state index is 0.150. The summed E-state index contributed by atoms with van der Waals surface area (Å²) in [6.45, 7) is 6.61. The standard InChI is InChI=1S/C19H21N3OS2/c1-19(2,3)25-12-7-5-11(6-8-12)15-9-13-16(24-15)14(18(23)21-4)10-22-17(13)20/h5-10H,1-4H3,(H2,20,22)(H,21,23). The SMILES string of the molecule is CNC(=O)c1cnc(N)c2cc(-c3ccc(SC(C)(C)C)cc3)sc12. The summed E-state index contributed by atoms with van der Waals surface area (Å²) >= 11 is 3.41. The molecule has 3 N–H and O–H groups in total. The molecule has 0 unspecified atom stereocenters. The summed E-state index contributed by atoms with van der Waals surface area (Å²) in [6.07, 6.45) is 1.54. The minimum Gasteiger partial charge on any atom is -0.383 e. The number of nitrogens with two attached hydrogens (primary N) is 1. The van der Waals surface area contributed by atoms with Crippen molar-refractivity contribution in [2.45, 2.75) is 30.4 Å². The Hall–Kier alpha value is -2.05. The number of hydrogen-bond acceptors (Lipinski definition) is 5. The summed E-state index contributed by atoms with van der Waals surface area (Å²) in [5, 5.41) is 3.48. The summed E-state index contributed by atoms with van der Waals surface area (Å²) in [4.78, 5) is 18.5. The van der Waals surface area contributed by atoms with Gasteiger partial charge in [-0.3, -0.25) is 4.79 Å². The zero-order valence-electron chi connectivity index (χ0n) is 14.7. The second-order valence-electron chi connectivity index (χ2n) is 6.73. The first-order valence-electron chi connectivity index (χ1n) is 7.98. The Balaban J connectivity index is 2.02. The van der Waals surface area contributed by atoms with Gasteiger partial charge in [0.1, 0.15) is 5.82 Å². The van der Waals surface area contributed by atoms with E-state index >= 15 is 0 Å². The monoisotopic (exact) mass is 371 g/mol. The molecule has 0 aliphatic heterocycles. The molecule has 0 bridgehead atoms. The number of nitrogen functional groups attached to an aromatic ring is 1. The van der Waals surface area contributed by atoms with E-state index in [2.05, 4.69) is 55.3 Å². The van der Waals surface area contributed by atoms with E-state index in [9.17, 15) is 4.79 Å². The first-order valence-corrected chi connectivity index (χ1v) is 9.61. The van der Waals surface area contributed by atoms with Crippen LogP contribution in [-0.2, 0) is 0 Å². The predicted octanol–water partition coefficient (Wildman–Crippen LogP) is 4.80. The maximum absolute atomic E-state index is 12.1. The van der Waals surface area contributed by atoms with Crippen molar-refractivity contribution >= 4 is 44.9 Å². The van der Waals surface area contributed by atoms with Crippen LogP contribution in [0.1, 0.15) is 31.1 Å². The van der Waals surface area contributed by atoms with E-state index in [0.717, 1.165) is 20.5 Å². The Labute approximate surface area is 155 Å². The van der Waals surface area contributed by atoms with Crippen LogP contribution in [0.15, 0.2) is 41.4 Å². The van der Waals surface area contributed by atoms with Crippen LogP contribution in [0.4, 0.5) is 5.82 Å². The Bertz CT molecular complexity index is 924. The van der Waals surface area contributed by atoms with Crippen molar-refractivity contribution in [3.63, 3.8) is 0 Å². The minimum atomic E-state index is -0.150. The smallest absolute Gasteiger partial charge is 0.254 e. The lowest BCUT2D eigenvalue weighted by Gasteiger charge is -2.17. The van der Waals surface area contributed by atoms with Crippen molar-refractivity contribution < 1.29 is 4.79 Å². The van der Waals surface area contributed by atoms with Crippen LogP contribution >= 0.6 is 23.1 Å². The largest absolute Gasteiger partial charge is 0.383 e. The number of hydrogen-bond donors (Lipinski definition) is 2. The van der Waals surface area contributed by atoms with Gasteiger partial charge in [-0.1, -0.05) is 32.9 Å². The van der Waals surface area contributed by atoms with Gasteiger partial charge >= 0.3 is 0 Å². The highest BCUT2D eigenvalue weighted by Gasteiger charge is 2.16. The van der Waals surface area contributed by atoms with E-state index in [0.29, 0.717) is 11.4 Å². The van der Waals surface area contributed by atoms with Crippen molar-refractivity contribution in [2.75, 3.05) is 12.8 Å². The van der Waals surface area contributed by atoms with Crippen molar-refractivity contribution in [1.29, 1.82) is 0 Å². The molecule has 2 aromatic heterocycles. The van der Waals surface area contributed by atoms with Crippen LogP contribution in [0.5, 0.6) is 0 Å². The molecule has 3 aromatic rings. The number of nitrogens with zero attached hydrogens (tertiary/aromatic N) is 1. The number of fused-ring (bicyclic) bond motifs is 1. The average molecular weight is 372 g/mol. The molecule has 4 nitrogen and oxygen atoms in total. The third-order valence-corrected chi connectivity index (χ3v) is 5.96. The van der Waals surface area contributed by atoms with Gasteiger partial charge in [-0.25, -0.2) is 4.98 Å². The lowest BCUT2D eigenvalue weighted by atomic mass is 10.1. The van der Waals surface area contributed by atoms with Crippen LogP contribution in [0.25, 0.3) is 20.5 Å². The molecule has 0 spiro atoms. The van der Waals surface area contributed by atoms with Gasteiger partial charge in [0.15, 0.2) is 0 Å². The molecule has 6 heteroatoms. The second kappa shape index (κ2) is 6.69. The summed E-state index contributed by atoms with van der Waals surface area (Å²) < 4.78 is 1.05. The van der Waals surface area contributed by atoms with Crippen LogP contribution in [0.3, 0.4) is 0 Å². The Morgan fingerprint density at radius 3 is 2.52 bits per heavy atom. The summed E-state index contributed by atoms with van der Waals surface area (Å²) in [5.41, 5.74) is 7.68. The number of pyridine rings is 1. The molecule has 0 radical (unpaired) electrons. The van der Waals surface area contributed by atoms with E-state index in [1.807, 2.05) is 17.8 Å². The number of amides is 1. The molecule has 0 saturated carbocycles. The van der Waals surface area contributed by atoms with Crippen molar-refractivity contribution in [1.82, 2.24) is 10.3 Å². The van der Waals surface area contributed by atoms with E-state index < -0.39 is 0 Å². The number of anilines is 1. The molecule has 130 valence electrons. The normalized spacial score (nSPS) is 11.7. The van der Waals surface area contributed by atoms with Crippen molar-refractivity contribution in [3.8, 4) is 10.4 Å². The number of carbonyl (C=O) groups excluding carboxylic acids is 1. The lowest BCUT2D eigenvalue weighted by Crippen LogP contribution is -2.18. The van der Waals surface area contributed by atoms with Crippen LogP contribution in [0.2, 0.25) is 0 Å². The molecule has 25 heavy (non-hydrogen) atoms. The van der Waals surface area contributed by atoms with E-state index in [4.69, 9.17) is 5.73 Å². The summed E-state index contributed by atoms with van der Waals surface area (Å²) in [5.74, 6) is 0.299. The fourth-order valence-corrected chi connectivity index (χ4v) is 4.68. The van der Waals surface area contributed by atoms with Gasteiger partial charge in [0.25, 0.3) is 5.91 Å². The summed E-state index contributed by atoms with van der Waals surface area (Å²) in [6, 6.07) is 10.5. The quantitative estimate of drug-likeness (QED) is 0.649. The highest BCUT2D eigenvalue weighted by Crippen LogP contribution is 2.39. The zero-order chi connectivity index (χ0) is 18.2. The molecule has 2 heterocycles. The van der Waals surface area contributed by atoms with Gasteiger partial charge in [-0.05, 0) is 23.8 Å². The van der Waals surface area contributed by atoms with Crippen molar-refractivity contribution in [3.05, 3.63) is 42.1 Å². The maximum Gasteiger partial charge on any atom is 0.254 e. The topological polar surface area (TPSA) is 68.0 Å². The fourth-order valence-electron chi connectivity index (χ4n) is 2.52. The predicted molar refractivity (Wildman–Crippen MR) is 108 cm³/mol. The Morgan fingerprint density at radius 1 is 1.24 bits per heavy atom. The molecule has 0 atom stereocenters. The molecule has 3 rings (SSSR count). The lowest BCUT2D eigenvalue weighted by molar-refractivity contribution is 0.0964. The Kier molecular flexibility index (Phi) is 4.75. The fraction of sp³-hybridized carbons (Fsp3) is 0.263. The molecular weight excluding hydrogens is 350 g/mol. The first-order chi connectivity index (χ1) is 11.8. The molecule has 1 aromatic carbocycles. The van der Waals surface area contributed by atoms with Gasteiger partial charge in [0, 0.05) is 33.2 Å². The number of benzene rings is 1. The van der Waals surface area contributed by atoms with E-state index in [1.165, 1.54) is 4.90 Å². The zero-order valence-corrected chi connectivity index (χ0v) is 16.3. The molecule has 0 aliphatic rings. The number of thioether (sulfide) groups is 1. The average Bonchev–Trinajstić information content (AvgIpc) is 3.00. The summed E-state index contributed by atoms with van der Waals surface area (Å²) in [7, 11) is 1.62. The third-order valence-electron chi connectivity index (χ3n) is 3.62. The van der Waals surface area contributed by atoms with Gasteiger partial charge in [0.2, 0.25) is 0 Å². The molecule has 0 aliphatic carbocycles. The molecular formula is C19H21N3OS2. The van der Waals surface area contributed by atoms with E-state index in [1.54, 1.807) is 24.6 Å². The Morgan fingerprint density at radius 2 is 1.92 bits per heavy atom. The number of carbonyl (C=O) groups is 1. The molecule has 1 amide bonds. The molecule has 0 fully saturated rings. The van der Waals surface area contributed by atoms with Crippen LogP contribution < -0.4 is 11.1 Å². The van der Waals surface area contributed by atoms with Crippen LogP contribution in [0, 0.1) is 0 Å². The highest BCUT2D eigenvalue weighted by atomic mass is 32.2. The maximum atomic E-state index is 12.1. The van der Waals surface area contributed by atoms with E-state index in [-0.39, 0.29) is 10.7 Å². The third kappa shape index (κ3) is 3.80. The highest BCUT2D eigenvalue weighted by molar-refractivity contribution is 8.00. The van der Waals surface area contributed by atoms with Crippen LogP contribution in [-0.4, -0.2) is 22.7 Å². The first kappa shape index (κ1) is 17.8.